The topological polar surface area (TPSA) is 18.5 Å². The first-order chi connectivity index (χ1) is 7.64. The normalized spacial score (nSPS) is 24.8. The molecule has 0 spiro atoms. The van der Waals surface area contributed by atoms with Gasteiger partial charge in [-0.3, -0.25) is 0 Å². The Balaban J connectivity index is 2.76. The highest BCUT2D eigenvalue weighted by atomic mass is 16.5. The van der Waals surface area contributed by atoms with Crippen molar-refractivity contribution in [2.45, 2.75) is 38.7 Å². The van der Waals surface area contributed by atoms with E-state index in [0.717, 1.165) is 25.0 Å². The van der Waals surface area contributed by atoms with Gasteiger partial charge in [0.1, 0.15) is 11.4 Å². The molecule has 0 aromatic carbocycles. The molecule has 1 aliphatic carbocycles. The average Bonchev–Trinajstić information content (AvgIpc) is 2.29. The molecule has 16 heavy (non-hydrogen) atoms. The Morgan fingerprint density at radius 2 is 2.38 bits per heavy atom. The number of hydrogen-bond acceptors (Lipinski definition) is 2. The Kier molecular flexibility index (Phi) is 4.81. The standard InChI is InChI=1S/C14H22O2/c1-5-11-16-14(13(4)15-6-2)9-7-12(3)8-10-14/h5,7H,1,4,6,8-11H2,2-3H3. The molecule has 2 heteroatoms. The van der Waals surface area contributed by atoms with Gasteiger partial charge in [0.05, 0.1) is 13.2 Å². The van der Waals surface area contributed by atoms with E-state index in [9.17, 15) is 0 Å². The molecule has 0 aromatic heterocycles. The van der Waals surface area contributed by atoms with Crippen LogP contribution in [0.15, 0.2) is 36.6 Å². The van der Waals surface area contributed by atoms with Gasteiger partial charge in [-0.25, -0.2) is 0 Å². The molecule has 0 N–H and O–H groups in total. The van der Waals surface area contributed by atoms with E-state index in [0.29, 0.717) is 13.2 Å². The molecule has 0 radical (unpaired) electrons. The van der Waals surface area contributed by atoms with Crippen LogP contribution in [0.3, 0.4) is 0 Å². The molecule has 0 saturated carbocycles. The van der Waals surface area contributed by atoms with Crippen molar-refractivity contribution < 1.29 is 9.47 Å². The first kappa shape index (κ1) is 13.0. The first-order valence-electron chi connectivity index (χ1n) is 5.87. The van der Waals surface area contributed by atoms with E-state index < -0.39 is 0 Å². The maximum absolute atomic E-state index is 5.90. The van der Waals surface area contributed by atoms with Crippen LogP contribution in [0.2, 0.25) is 0 Å². The van der Waals surface area contributed by atoms with Gasteiger partial charge in [-0.2, -0.15) is 0 Å². The van der Waals surface area contributed by atoms with Gasteiger partial charge in [-0.15, -0.1) is 6.58 Å². The predicted molar refractivity (Wildman–Crippen MR) is 67.3 cm³/mol. The summed E-state index contributed by atoms with van der Waals surface area (Å²) in [7, 11) is 0. The zero-order valence-corrected chi connectivity index (χ0v) is 10.4. The van der Waals surface area contributed by atoms with Crippen LogP contribution < -0.4 is 0 Å². The summed E-state index contributed by atoms with van der Waals surface area (Å²) >= 11 is 0. The quantitative estimate of drug-likeness (QED) is 0.505. The highest BCUT2D eigenvalue weighted by Gasteiger charge is 2.36. The Morgan fingerprint density at radius 1 is 1.62 bits per heavy atom. The smallest absolute Gasteiger partial charge is 0.128 e. The molecule has 0 aliphatic heterocycles. The molecule has 2 nitrogen and oxygen atoms in total. The summed E-state index contributed by atoms with van der Waals surface area (Å²) in [5.74, 6) is 0.751. The maximum atomic E-state index is 5.90. The second-order valence-electron chi connectivity index (χ2n) is 4.20. The molecular weight excluding hydrogens is 200 g/mol. The van der Waals surface area contributed by atoms with E-state index in [1.165, 1.54) is 5.57 Å². The SMILES string of the molecule is C=CCOC1(C(=C)OCC)CC=C(C)CC1. The molecule has 1 aliphatic rings. The Morgan fingerprint density at radius 3 is 2.88 bits per heavy atom. The number of ether oxygens (including phenoxy) is 2. The van der Waals surface area contributed by atoms with Gasteiger partial charge in [0.2, 0.25) is 0 Å². The Bertz CT molecular complexity index is 291. The second-order valence-corrected chi connectivity index (χ2v) is 4.20. The first-order valence-corrected chi connectivity index (χ1v) is 5.87. The van der Waals surface area contributed by atoms with E-state index in [1.807, 2.05) is 6.92 Å². The predicted octanol–water partition coefficient (Wildman–Crippen LogP) is 3.61. The lowest BCUT2D eigenvalue weighted by atomic mass is 9.84. The van der Waals surface area contributed by atoms with E-state index in [1.54, 1.807) is 6.08 Å². The van der Waals surface area contributed by atoms with Gasteiger partial charge in [-0.1, -0.05) is 24.3 Å². The summed E-state index contributed by atoms with van der Waals surface area (Å²) in [4.78, 5) is 0. The highest BCUT2D eigenvalue weighted by molar-refractivity contribution is 5.18. The number of allylic oxidation sites excluding steroid dienone is 1. The van der Waals surface area contributed by atoms with Crippen LogP contribution in [0.1, 0.15) is 33.1 Å². The lowest BCUT2D eigenvalue weighted by Gasteiger charge is -2.36. The monoisotopic (exact) mass is 222 g/mol. The van der Waals surface area contributed by atoms with E-state index >= 15 is 0 Å². The average molecular weight is 222 g/mol. The van der Waals surface area contributed by atoms with Crippen molar-refractivity contribution in [3.63, 3.8) is 0 Å². The third kappa shape index (κ3) is 2.99. The fourth-order valence-corrected chi connectivity index (χ4v) is 1.93. The van der Waals surface area contributed by atoms with E-state index in [4.69, 9.17) is 9.47 Å². The molecule has 1 rings (SSSR count). The van der Waals surface area contributed by atoms with Crippen LogP contribution in [0.5, 0.6) is 0 Å². The van der Waals surface area contributed by atoms with Crippen LogP contribution in [-0.4, -0.2) is 18.8 Å². The largest absolute Gasteiger partial charge is 0.496 e. The van der Waals surface area contributed by atoms with Crippen LogP contribution in [0.25, 0.3) is 0 Å². The van der Waals surface area contributed by atoms with Gasteiger partial charge in [0, 0.05) is 6.42 Å². The van der Waals surface area contributed by atoms with E-state index in [-0.39, 0.29) is 5.60 Å². The van der Waals surface area contributed by atoms with Gasteiger partial charge in [0.25, 0.3) is 0 Å². The fourth-order valence-electron chi connectivity index (χ4n) is 1.93. The minimum absolute atomic E-state index is 0.344. The van der Waals surface area contributed by atoms with Crippen LogP contribution in [-0.2, 0) is 9.47 Å². The highest BCUT2D eigenvalue weighted by Crippen LogP contribution is 2.36. The Labute approximate surface area is 98.6 Å². The summed E-state index contributed by atoms with van der Waals surface area (Å²) in [6.07, 6.45) is 6.83. The Hall–Kier alpha value is -1.02. The molecular formula is C14H22O2. The number of rotatable bonds is 6. The lowest BCUT2D eigenvalue weighted by Crippen LogP contribution is -2.37. The second kappa shape index (κ2) is 5.90. The van der Waals surface area contributed by atoms with Crippen molar-refractivity contribution in [3.8, 4) is 0 Å². The van der Waals surface area contributed by atoms with Crippen LogP contribution >= 0.6 is 0 Å². The molecule has 1 atom stereocenters. The summed E-state index contributed by atoms with van der Waals surface area (Å²) in [5.41, 5.74) is 1.08. The minimum atomic E-state index is -0.344. The maximum Gasteiger partial charge on any atom is 0.128 e. The molecule has 0 saturated heterocycles. The number of hydrogen-bond donors (Lipinski definition) is 0. The summed E-state index contributed by atoms with van der Waals surface area (Å²) in [5, 5.41) is 0. The van der Waals surface area contributed by atoms with Gasteiger partial charge < -0.3 is 9.47 Å². The lowest BCUT2D eigenvalue weighted by molar-refractivity contribution is -0.0487. The van der Waals surface area contributed by atoms with Crippen molar-refractivity contribution in [2.75, 3.05) is 13.2 Å². The van der Waals surface area contributed by atoms with Gasteiger partial charge in [-0.05, 0) is 26.7 Å². The third-order valence-electron chi connectivity index (χ3n) is 3.01. The van der Waals surface area contributed by atoms with Crippen molar-refractivity contribution in [2.24, 2.45) is 0 Å². The molecule has 1 unspecified atom stereocenters. The fraction of sp³-hybridized carbons (Fsp3) is 0.571. The zero-order valence-electron chi connectivity index (χ0n) is 10.4. The summed E-state index contributed by atoms with van der Waals surface area (Å²) in [6.45, 7) is 13.0. The van der Waals surface area contributed by atoms with E-state index in [2.05, 4.69) is 26.2 Å². The van der Waals surface area contributed by atoms with Crippen LogP contribution in [0.4, 0.5) is 0 Å². The van der Waals surface area contributed by atoms with Gasteiger partial charge in [0.15, 0.2) is 0 Å². The minimum Gasteiger partial charge on any atom is -0.496 e. The zero-order chi connectivity index (χ0) is 12.0. The molecule has 0 fully saturated rings. The van der Waals surface area contributed by atoms with Crippen molar-refractivity contribution in [1.29, 1.82) is 0 Å². The molecule has 0 heterocycles. The third-order valence-corrected chi connectivity index (χ3v) is 3.01. The molecule has 0 amide bonds. The van der Waals surface area contributed by atoms with Crippen molar-refractivity contribution >= 4 is 0 Å². The molecule has 90 valence electrons. The van der Waals surface area contributed by atoms with Crippen LogP contribution in [0, 0.1) is 0 Å². The molecule has 0 aromatic rings. The van der Waals surface area contributed by atoms with Gasteiger partial charge >= 0.3 is 0 Å². The molecule has 0 bridgehead atoms. The van der Waals surface area contributed by atoms with Crippen molar-refractivity contribution in [1.82, 2.24) is 0 Å². The summed E-state index contributed by atoms with van der Waals surface area (Å²) in [6, 6.07) is 0. The summed E-state index contributed by atoms with van der Waals surface area (Å²) < 4.78 is 11.4. The van der Waals surface area contributed by atoms with Crippen molar-refractivity contribution in [3.05, 3.63) is 36.6 Å².